The van der Waals surface area contributed by atoms with Gasteiger partial charge in [-0.15, -0.1) is 5.10 Å². The molecule has 0 radical (unpaired) electrons. The van der Waals surface area contributed by atoms with Gasteiger partial charge >= 0.3 is 5.69 Å². The molecule has 1 aromatic rings. The van der Waals surface area contributed by atoms with Crippen LogP contribution >= 0.6 is 0 Å². The van der Waals surface area contributed by atoms with E-state index in [-0.39, 0.29) is 30.2 Å². The number of aryl methyl sites for hydroxylation is 1. The van der Waals surface area contributed by atoms with Crippen molar-refractivity contribution in [1.82, 2.24) is 9.78 Å². The molecule has 0 fully saturated rings. The monoisotopic (exact) mass is 263 g/mol. The first kappa shape index (κ1) is 13.4. The van der Waals surface area contributed by atoms with Crippen molar-refractivity contribution in [2.24, 2.45) is 12.2 Å². The maximum absolute atomic E-state index is 10.6. The number of sulfonamides is 1. The summed E-state index contributed by atoms with van der Waals surface area (Å²) in [5.41, 5.74) is -0.150. The fourth-order valence-corrected chi connectivity index (χ4v) is 1.76. The van der Waals surface area contributed by atoms with Crippen molar-refractivity contribution in [3.63, 3.8) is 0 Å². The predicted octanol–water partition coefficient (Wildman–Crippen LogP) is -0.581. The largest absolute Gasteiger partial charge is 0.363 e. The molecule has 0 unspecified atom stereocenters. The second kappa shape index (κ2) is 5.10. The Morgan fingerprint density at radius 2 is 2.29 bits per heavy atom. The van der Waals surface area contributed by atoms with Crippen molar-refractivity contribution in [3.8, 4) is 0 Å². The number of hydrogen-bond donors (Lipinski definition) is 2. The average Bonchev–Trinajstić information content (AvgIpc) is 2.53. The summed E-state index contributed by atoms with van der Waals surface area (Å²) in [7, 11) is -1.94. The third-order valence-electron chi connectivity index (χ3n) is 1.90. The number of nitrogens with zero attached hydrogens (tertiary/aromatic N) is 3. The molecule has 0 saturated heterocycles. The number of primary sulfonamides is 1. The first-order valence-corrected chi connectivity index (χ1v) is 6.43. The maximum Gasteiger partial charge on any atom is 0.330 e. The lowest BCUT2D eigenvalue weighted by Gasteiger charge is -2.01. The van der Waals surface area contributed by atoms with Gasteiger partial charge in [-0.1, -0.05) is 0 Å². The third kappa shape index (κ3) is 4.36. The van der Waals surface area contributed by atoms with Gasteiger partial charge in [-0.3, -0.25) is 14.8 Å². The van der Waals surface area contributed by atoms with Crippen LogP contribution < -0.4 is 10.5 Å². The van der Waals surface area contributed by atoms with E-state index < -0.39 is 14.9 Å². The minimum Gasteiger partial charge on any atom is -0.363 e. The highest BCUT2D eigenvalue weighted by Crippen LogP contribution is 2.20. The summed E-state index contributed by atoms with van der Waals surface area (Å²) in [5, 5.41) is 22.0. The molecule has 1 rings (SSSR count). The zero-order valence-corrected chi connectivity index (χ0v) is 9.98. The summed E-state index contributed by atoms with van der Waals surface area (Å²) < 4.78 is 22.6. The Bertz CT molecular complexity index is 508. The van der Waals surface area contributed by atoms with Crippen LogP contribution in [0.15, 0.2) is 6.20 Å². The zero-order valence-electron chi connectivity index (χ0n) is 9.16. The van der Waals surface area contributed by atoms with Gasteiger partial charge in [0.25, 0.3) is 0 Å². The molecule has 0 aliphatic carbocycles. The van der Waals surface area contributed by atoms with Gasteiger partial charge in [0.05, 0.1) is 10.7 Å². The molecule has 0 spiro atoms. The van der Waals surface area contributed by atoms with E-state index in [1.807, 2.05) is 0 Å². The fraction of sp³-hybridized carbons (Fsp3) is 0.571. The molecule has 0 aliphatic heterocycles. The standard InChI is InChI=1S/C7H13N5O4S/c1-11-5-6(12(13)14)7(10-11)9-3-2-4-17(8,15)16/h5H,2-4H2,1H3,(H,9,10)(H2,8,15,16). The van der Waals surface area contributed by atoms with Crippen LogP contribution in [-0.4, -0.2) is 35.4 Å². The number of hydrogen-bond acceptors (Lipinski definition) is 6. The fourth-order valence-electron chi connectivity index (χ4n) is 1.22. The van der Waals surface area contributed by atoms with Crippen molar-refractivity contribution < 1.29 is 13.3 Å². The van der Waals surface area contributed by atoms with Crippen LogP contribution in [0, 0.1) is 10.1 Å². The molecule has 0 bridgehead atoms. The lowest BCUT2D eigenvalue weighted by molar-refractivity contribution is -0.384. The van der Waals surface area contributed by atoms with E-state index in [0.717, 1.165) is 0 Å². The summed E-state index contributed by atoms with van der Waals surface area (Å²) in [6, 6.07) is 0. The van der Waals surface area contributed by atoms with Gasteiger partial charge in [0, 0.05) is 13.6 Å². The summed E-state index contributed by atoms with van der Waals surface area (Å²) in [6.45, 7) is 0.244. The number of nitro groups is 1. The molecule has 17 heavy (non-hydrogen) atoms. The average molecular weight is 263 g/mol. The SMILES string of the molecule is Cn1cc([N+](=O)[O-])c(NCCCS(N)(=O)=O)n1. The summed E-state index contributed by atoms with van der Waals surface area (Å²) in [6.07, 6.45) is 1.52. The molecule has 0 aliphatic rings. The van der Waals surface area contributed by atoms with E-state index in [0.29, 0.717) is 0 Å². The Hall–Kier alpha value is -1.68. The number of nitrogens with one attached hydrogen (secondary N) is 1. The number of nitrogens with two attached hydrogens (primary N) is 1. The molecular formula is C7H13N5O4S. The summed E-state index contributed by atoms with van der Waals surface area (Å²) in [5.74, 6) is -0.0624. The van der Waals surface area contributed by atoms with Crippen molar-refractivity contribution in [3.05, 3.63) is 16.3 Å². The van der Waals surface area contributed by atoms with Crippen LogP contribution in [-0.2, 0) is 17.1 Å². The Labute approximate surface area is 97.8 Å². The van der Waals surface area contributed by atoms with Crippen molar-refractivity contribution in [2.45, 2.75) is 6.42 Å². The molecule has 10 heteroatoms. The van der Waals surface area contributed by atoms with Gasteiger partial charge in [0.15, 0.2) is 0 Å². The normalized spacial score (nSPS) is 11.4. The van der Waals surface area contributed by atoms with Crippen LogP contribution in [0.4, 0.5) is 11.5 Å². The highest BCUT2D eigenvalue weighted by atomic mass is 32.2. The second-order valence-corrected chi connectivity index (χ2v) is 5.18. The van der Waals surface area contributed by atoms with Crippen LogP contribution in [0.25, 0.3) is 0 Å². The maximum atomic E-state index is 10.6. The minimum atomic E-state index is -3.50. The van der Waals surface area contributed by atoms with Gasteiger partial charge in [-0.05, 0) is 6.42 Å². The summed E-state index contributed by atoms with van der Waals surface area (Å²) in [4.78, 5) is 10.1. The van der Waals surface area contributed by atoms with E-state index in [2.05, 4.69) is 10.4 Å². The molecule has 0 atom stereocenters. The topological polar surface area (TPSA) is 133 Å². The highest BCUT2D eigenvalue weighted by Gasteiger charge is 2.17. The van der Waals surface area contributed by atoms with Crippen molar-refractivity contribution in [1.29, 1.82) is 0 Å². The molecule has 1 heterocycles. The molecule has 0 saturated carbocycles. The quantitative estimate of drug-likeness (QED) is 0.400. The van der Waals surface area contributed by atoms with Crippen molar-refractivity contribution >= 4 is 21.5 Å². The van der Waals surface area contributed by atoms with Gasteiger partial charge in [-0.2, -0.15) is 0 Å². The first-order valence-electron chi connectivity index (χ1n) is 4.72. The third-order valence-corrected chi connectivity index (χ3v) is 2.76. The number of aromatic nitrogens is 2. The van der Waals surface area contributed by atoms with Crippen LogP contribution in [0.3, 0.4) is 0 Å². The molecular weight excluding hydrogens is 250 g/mol. The highest BCUT2D eigenvalue weighted by molar-refractivity contribution is 7.89. The molecule has 96 valence electrons. The van der Waals surface area contributed by atoms with Crippen LogP contribution in [0.1, 0.15) is 6.42 Å². The Balaban J connectivity index is 2.55. The number of rotatable bonds is 6. The van der Waals surface area contributed by atoms with E-state index in [9.17, 15) is 18.5 Å². The van der Waals surface area contributed by atoms with Crippen LogP contribution in [0.5, 0.6) is 0 Å². The lowest BCUT2D eigenvalue weighted by Crippen LogP contribution is -2.18. The lowest BCUT2D eigenvalue weighted by atomic mass is 10.4. The molecule has 1 aromatic heterocycles. The first-order chi connectivity index (χ1) is 7.79. The van der Waals surface area contributed by atoms with Crippen LogP contribution in [0.2, 0.25) is 0 Å². The van der Waals surface area contributed by atoms with Gasteiger partial charge < -0.3 is 5.32 Å². The molecule has 0 amide bonds. The Morgan fingerprint density at radius 1 is 1.65 bits per heavy atom. The van der Waals surface area contributed by atoms with E-state index >= 15 is 0 Å². The van der Waals surface area contributed by atoms with Gasteiger partial charge in [-0.25, -0.2) is 13.6 Å². The van der Waals surface area contributed by atoms with Gasteiger partial charge in [0.2, 0.25) is 15.8 Å². The Kier molecular flexibility index (Phi) is 4.02. The predicted molar refractivity (Wildman–Crippen MR) is 60.9 cm³/mol. The smallest absolute Gasteiger partial charge is 0.330 e. The molecule has 9 nitrogen and oxygen atoms in total. The van der Waals surface area contributed by atoms with E-state index in [4.69, 9.17) is 5.14 Å². The zero-order chi connectivity index (χ0) is 13.1. The van der Waals surface area contributed by atoms with Gasteiger partial charge in [0.1, 0.15) is 6.20 Å². The minimum absolute atomic E-state index is 0.118. The molecule has 3 N–H and O–H groups in total. The van der Waals surface area contributed by atoms with E-state index in [1.165, 1.54) is 10.9 Å². The molecule has 0 aromatic carbocycles. The second-order valence-electron chi connectivity index (χ2n) is 3.44. The van der Waals surface area contributed by atoms with Crippen molar-refractivity contribution in [2.75, 3.05) is 17.6 Å². The number of anilines is 1. The van der Waals surface area contributed by atoms with E-state index in [1.54, 1.807) is 7.05 Å². The Morgan fingerprint density at radius 3 is 2.82 bits per heavy atom. The summed E-state index contributed by atoms with van der Waals surface area (Å²) >= 11 is 0.